The molecule has 0 atom stereocenters. The van der Waals surface area contributed by atoms with Crippen LogP contribution in [0.2, 0.25) is 0 Å². The highest BCUT2D eigenvalue weighted by molar-refractivity contribution is 7.89. The van der Waals surface area contributed by atoms with Crippen molar-refractivity contribution in [2.24, 2.45) is 5.14 Å². The van der Waals surface area contributed by atoms with Crippen LogP contribution in [0.25, 0.3) is 0 Å². The number of hydrogen-bond donors (Lipinski definition) is 2. The highest BCUT2D eigenvalue weighted by atomic mass is 32.2. The Morgan fingerprint density at radius 3 is 2.26 bits per heavy atom. The molecule has 2 aromatic rings. The van der Waals surface area contributed by atoms with Crippen LogP contribution in [0.3, 0.4) is 0 Å². The van der Waals surface area contributed by atoms with Crippen LogP contribution in [0.4, 0.5) is 5.69 Å². The second-order valence-electron chi connectivity index (χ2n) is 5.31. The van der Waals surface area contributed by atoms with Crippen molar-refractivity contribution in [3.05, 3.63) is 46.5 Å². The number of carbonyl (C=O) groups excluding carboxylic acids is 1. The van der Waals surface area contributed by atoms with E-state index in [2.05, 4.69) is 15.3 Å². The fourth-order valence-corrected chi connectivity index (χ4v) is 2.91. The van der Waals surface area contributed by atoms with E-state index >= 15 is 0 Å². The third kappa shape index (κ3) is 3.72. The average molecular weight is 334 g/mol. The molecule has 7 nitrogen and oxygen atoms in total. The number of sulfonamides is 1. The average Bonchev–Trinajstić information content (AvgIpc) is 2.43. The van der Waals surface area contributed by atoms with E-state index < -0.39 is 15.9 Å². The molecule has 2 rings (SSSR count). The number of carbonyl (C=O) groups is 1. The summed E-state index contributed by atoms with van der Waals surface area (Å²) in [6.07, 6.45) is 0. The van der Waals surface area contributed by atoms with Crippen molar-refractivity contribution in [2.75, 3.05) is 5.32 Å². The molecular weight excluding hydrogens is 316 g/mol. The maximum atomic E-state index is 12.4. The third-order valence-electron chi connectivity index (χ3n) is 3.45. The maximum absolute atomic E-state index is 12.4. The van der Waals surface area contributed by atoms with Gasteiger partial charge < -0.3 is 5.32 Å². The number of nitrogens with zero attached hydrogens (tertiary/aromatic N) is 2. The number of aromatic nitrogens is 2. The number of benzene rings is 1. The fourth-order valence-electron chi connectivity index (χ4n) is 2.10. The zero-order chi connectivity index (χ0) is 17.4. The van der Waals surface area contributed by atoms with Gasteiger partial charge in [0, 0.05) is 5.69 Å². The fraction of sp³-hybridized carbons (Fsp3) is 0.267. The van der Waals surface area contributed by atoms with E-state index in [0.29, 0.717) is 22.6 Å². The molecule has 0 aliphatic rings. The number of anilines is 1. The van der Waals surface area contributed by atoms with Crippen molar-refractivity contribution in [1.82, 2.24) is 9.97 Å². The first-order chi connectivity index (χ1) is 10.6. The lowest BCUT2D eigenvalue weighted by Gasteiger charge is -2.10. The summed E-state index contributed by atoms with van der Waals surface area (Å²) >= 11 is 0. The summed E-state index contributed by atoms with van der Waals surface area (Å²) in [5.41, 5.74) is 2.95. The Morgan fingerprint density at radius 1 is 1.04 bits per heavy atom. The van der Waals surface area contributed by atoms with Gasteiger partial charge in [0.1, 0.15) is 5.69 Å². The Kier molecular flexibility index (Phi) is 4.49. The van der Waals surface area contributed by atoms with E-state index in [-0.39, 0.29) is 10.6 Å². The van der Waals surface area contributed by atoms with Crippen LogP contribution >= 0.6 is 0 Å². The summed E-state index contributed by atoms with van der Waals surface area (Å²) in [6.45, 7) is 6.91. The zero-order valence-electron chi connectivity index (χ0n) is 13.3. The number of nitrogens with one attached hydrogen (secondary N) is 1. The standard InChI is InChI=1S/C15H18N4O3S/c1-8-5-6-12(7-13(8)23(16,21)22)19-15(20)14-11(4)17-9(2)10(3)18-14/h5-7H,1-4H3,(H,19,20)(H2,16,21,22). The van der Waals surface area contributed by atoms with Crippen LogP contribution in [0.5, 0.6) is 0 Å². The lowest BCUT2D eigenvalue weighted by molar-refractivity contribution is 0.102. The first-order valence-corrected chi connectivity index (χ1v) is 8.41. The molecule has 1 aromatic heterocycles. The van der Waals surface area contributed by atoms with Crippen LogP contribution in [0, 0.1) is 27.7 Å². The molecule has 1 heterocycles. The van der Waals surface area contributed by atoms with Crippen molar-refractivity contribution in [2.45, 2.75) is 32.6 Å². The van der Waals surface area contributed by atoms with E-state index in [9.17, 15) is 13.2 Å². The van der Waals surface area contributed by atoms with Gasteiger partial charge in [-0.05, 0) is 45.4 Å². The van der Waals surface area contributed by atoms with Crippen molar-refractivity contribution in [1.29, 1.82) is 0 Å². The topological polar surface area (TPSA) is 115 Å². The van der Waals surface area contributed by atoms with Gasteiger partial charge in [-0.25, -0.2) is 18.5 Å². The molecule has 0 aliphatic heterocycles. The Morgan fingerprint density at radius 2 is 1.65 bits per heavy atom. The summed E-state index contributed by atoms with van der Waals surface area (Å²) in [5, 5.41) is 7.79. The van der Waals surface area contributed by atoms with Gasteiger partial charge in [0.25, 0.3) is 5.91 Å². The van der Waals surface area contributed by atoms with Gasteiger partial charge in [0.05, 0.1) is 22.0 Å². The smallest absolute Gasteiger partial charge is 0.276 e. The molecule has 0 bridgehead atoms. The van der Waals surface area contributed by atoms with Gasteiger partial charge in [0.2, 0.25) is 10.0 Å². The summed E-state index contributed by atoms with van der Waals surface area (Å²) in [7, 11) is -3.86. The lowest BCUT2D eigenvalue weighted by atomic mass is 10.2. The second-order valence-corrected chi connectivity index (χ2v) is 6.84. The predicted molar refractivity (Wildman–Crippen MR) is 86.7 cm³/mol. The summed E-state index contributed by atoms with van der Waals surface area (Å²) in [4.78, 5) is 20.8. The molecule has 1 aromatic carbocycles. The SMILES string of the molecule is Cc1ccc(NC(=O)c2nc(C)c(C)nc2C)cc1S(N)(=O)=O. The van der Waals surface area contributed by atoms with Gasteiger partial charge >= 0.3 is 0 Å². The van der Waals surface area contributed by atoms with E-state index in [1.165, 1.54) is 6.07 Å². The van der Waals surface area contributed by atoms with Crippen molar-refractivity contribution < 1.29 is 13.2 Å². The van der Waals surface area contributed by atoms with Crippen LogP contribution in [-0.2, 0) is 10.0 Å². The molecule has 8 heteroatoms. The van der Waals surface area contributed by atoms with E-state index in [1.54, 1.807) is 32.9 Å². The van der Waals surface area contributed by atoms with Gasteiger partial charge in [-0.2, -0.15) is 0 Å². The van der Waals surface area contributed by atoms with Gasteiger partial charge in [-0.1, -0.05) is 6.07 Å². The molecule has 122 valence electrons. The second kappa shape index (κ2) is 6.05. The highest BCUT2D eigenvalue weighted by Gasteiger charge is 2.16. The number of hydrogen-bond acceptors (Lipinski definition) is 5. The Balaban J connectivity index is 2.37. The zero-order valence-corrected chi connectivity index (χ0v) is 14.2. The Hall–Kier alpha value is -2.32. The Labute approximate surface area is 135 Å². The Bertz CT molecular complexity index is 892. The normalized spacial score (nSPS) is 11.3. The number of aryl methyl sites for hydroxylation is 4. The van der Waals surface area contributed by atoms with Crippen molar-refractivity contribution in [3.63, 3.8) is 0 Å². The summed E-state index contributed by atoms with van der Waals surface area (Å²) < 4.78 is 23.1. The molecule has 3 N–H and O–H groups in total. The van der Waals surface area contributed by atoms with E-state index in [4.69, 9.17) is 5.14 Å². The number of primary sulfonamides is 1. The summed E-state index contributed by atoms with van der Waals surface area (Å²) in [6, 6.07) is 4.51. The number of nitrogens with two attached hydrogens (primary N) is 1. The van der Waals surface area contributed by atoms with Gasteiger partial charge in [0.15, 0.2) is 0 Å². The quantitative estimate of drug-likeness (QED) is 0.885. The minimum atomic E-state index is -3.86. The van der Waals surface area contributed by atoms with Crippen LogP contribution in [0.1, 0.15) is 33.1 Å². The predicted octanol–water partition coefficient (Wildman–Crippen LogP) is 1.61. The van der Waals surface area contributed by atoms with Gasteiger partial charge in [-0.15, -0.1) is 0 Å². The molecule has 0 spiro atoms. The largest absolute Gasteiger partial charge is 0.321 e. The van der Waals surface area contributed by atoms with E-state index in [1.807, 2.05) is 6.92 Å². The molecule has 23 heavy (non-hydrogen) atoms. The molecule has 0 aliphatic carbocycles. The summed E-state index contributed by atoms with van der Waals surface area (Å²) in [5.74, 6) is -0.456. The van der Waals surface area contributed by atoms with Crippen LogP contribution < -0.4 is 10.5 Å². The molecule has 0 saturated carbocycles. The third-order valence-corrected chi connectivity index (χ3v) is 4.50. The molecule has 0 radical (unpaired) electrons. The molecule has 0 fully saturated rings. The van der Waals surface area contributed by atoms with Gasteiger partial charge in [-0.3, -0.25) is 9.78 Å². The first kappa shape index (κ1) is 17.0. The maximum Gasteiger partial charge on any atom is 0.276 e. The van der Waals surface area contributed by atoms with E-state index in [0.717, 1.165) is 5.69 Å². The molecule has 1 amide bonds. The first-order valence-electron chi connectivity index (χ1n) is 6.86. The van der Waals surface area contributed by atoms with Crippen LogP contribution in [-0.4, -0.2) is 24.3 Å². The minimum absolute atomic E-state index is 0.0295. The molecule has 0 unspecified atom stereocenters. The van der Waals surface area contributed by atoms with Crippen LogP contribution in [0.15, 0.2) is 23.1 Å². The van der Waals surface area contributed by atoms with Crippen molar-refractivity contribution in [3.8, 4) is 0 Å². The highest BCUT2D eigenvalue weighted by Crippen LogP contribution is 2.20. The van der Waals surface area contributed by atoms with Crippen molar-refractivity contribution >= 4 is 21.6 Å². The molecular formula is C15H18N4O3S. The number of rotatable bonds is 3. The monoisotopic (exact) mass is 334 g/mol. The lowest BCUT2D eigenvalue weighted by Crippen LogP contribution is -2.18. The number of amides is 1. The molecule has 0 saturated heterocycles. The minimum Gasteiger partial charge on any atom is -0.321 e.